The van der Waals surface area contributed by atoms with Crippen LogP contribution in [0, 0.1) is 5.82 Å². The lowest BCUT2D eigenvalue weighted by molar-refractivity contribution is 0.0690. The SMILES string of the molecule is COc1cc(F)cc(-c2cc(C(=O)O)[nH]n2)c1OC(C)C. The van der Waals surface area contributed by atoms with Gasteiger partial charge in [-0.3, -0.25) is 5.10 Å². The van der Waals surface area contributed by atoms with Gasteiger partial charge in [-0.2, -0.15) is 5.10 Å². The lowest BCUT2D eigenvalue weighted by atomic mass is 10.1. The van der Waals surface area contributed by atoms with E-state index >= 15 is 0 Å². The molecule has 7 heteroatoms. The third-order valence-corrected chi connectivity index (χ3v) is 2.68. The van der Waals surface area contributed by atoms with Gasteiger partial charge in [-0.25, -0.2) is 9.18 Å². The zero-order chi connectivity index (χ0) is 15.6. The lowest BCUT2D eigenvalue weighted by Gasteiger charge is -2.16. The minimum Gasteiger partial charge on any atom is -0.493 e. The molecule has 1 aromatic heterocycles. The van der Waals surface area contributed by atoms with Crippen molar-refractivity contribution in [3.8, 4) is 22.8 Å². The van der Waals surface area contributed by atoms with Crippen molar-refractivity contribution in [2.24, 2.45) is 0 Å². The van der Waals surface area contributed by atoms with Gasteiger partial charge in [-0.05, 0) is 26.0 Å². The van der Waals surface area contributed by atoms with Crippen LogP contribution in [0.5, 0.6) is 11.5 Å². The number of hydrogen-bond donors (Lipinski definition) is 2. The van der Waals surface area contributed by atoms with Crippen LogP contribution in [0.15, 0.2) is 18.2 Å². The molecular formula is C14H15FN2O4. The number of benzene rings is 1. The molecule has 0 saturated carbocycles. The molecule has 0 amide bonds. The molecule has 0 aliphatic heterocycles. The number of nitrogens with one attached hydrogen (secondary N) is 1. The minimum absolute atomic E-state index is 0.0938. The number of carboxylic acids is 1. The van der Waals surface area contributed by atoms with E-state index in [1.807, 2.05) is 13.8 Å². The van der Waals surface area contributed by atoms with Crippen LogP contribution in [0.3, 0.4) is 0 Å². The Balaban J connectivity index is 2.58. The van der Waals surface area contributed by atoms with Gasteiger partial charge in [0.1, 0.15) is 11.5 Å². The van der Waals surface area contributed by atoms with E-state index in [0.717, 1.165) is 0 Å². The molecule has 21 heavy (non-hydrogen) atoms. The number of halogens is 1. The van der Waals surface area contributed by atoms with Crippen LogP contribution in [0.25, 0.3) is 11.3 Å². The number of ether oxygens (including phenoxy) is 2. The molecule has 0 radical (unpaired) electrons. The highest BCUT2D eigenvalue weighted by molar-refractivity contribution is 5.87. The maximum atomic E-state index is 13.7. The van der Waals surface area contributed by atoms with E-state index in [1.54, 1.807) is 0 Å². The van der Waals surface area contributed by atoms with Gasteiger partial charge in [0.2, 0.25) is 0 Å². The van der Waals surface area contributed by atoms with E-state index < -0.39 is 11.8 Å². The molecule has 0 bridgehead atoms. The van der Waals surface area contributed by atoms with E-state index in [9.17, 15) is 9.18 Å². The number of carboxylic acid groups (broad SMARTS) is 1. The summed E-state index contributed by atoms with van der Waals surface area (Å²) in [5.74, 6) is -1.14. The number of nitrogens with zero attached hydrogens (tertiary/aromatic N) is 1. The quantitative estimate of drug-likeness (QED) is 0.885. The van der Waals surface area contributed by atoms with Crippen LogP contribution < -0.4 is 9.47 Å². The van der Waals surface area contributed by atoms with Crippen molar-refractivity contribution in [1.29, 1.82) is 0 Å². The first-order valence-corrected chi connectivity index (χ1v) is 6.25. The number of rotatable bonds is 5. The van der Waals surface area contributed by atoms with Crippen molar-refractivity contribution < 1.29 is 23.8 Å². The molecule has 0 unspecified atom stereocenters. The lowest BCUT2D eigenvalue weighted by Crippen LogP contribution is -2.08. The first-order chi connectivity index (χ1) is 9.92. The molecular weight excluding hydrogens is 279 g/mol. The smallest absolute Gasteiger partial charge is 0.353 e. The molecule has 6 nitrogen and oxygen atoms in total. The zero-order valence-corrected chi connectivity index (χ0v) is 11.8. The van der Waals surface area contributed by atoms with Gasteiger partial charge in [0.05, 0.1) is 24.5 Å². The maximum absolute atomic E-state index is 13.7. The Morgan fingerprint density at radius 2 is 2.10 bits per heavy atom. The molecule has 1 aromatic carbocycles. The summed E-state index contributed by atoms with van der Waals surface area (Å²) < 4.78 is 24.5. The van der Waals surface area contributed by atoms with Crippen molar-refractivity contribution in [3.63, 3.8) is 0 Å². The summed E-state index contributed by atoms with van der Waals surface area (Å²) in [6.45, 7) is 3.64. The van der Waals surface area contributed by atoms with E-state index in [0.29, 0.717) is 11.3 Å². The van der Waals surface area contributed by atoms with Crippen molar-refractivity contribution in [1.82, 2.24) is 10.2 Å². The molecule has 0 aliphatic carbocycles. The van der Waals surface area contributed by atoms with Crippen molar-refractivity contribution >= 4 is 5.97 Å². The second-order valence-electron chi connectivity index (χ2n) is 4.62. The maximum Gasteiger partial charge on any atom is 0.353 e. The second kappa shape index (κ2) is 5.82. The Morgan fingerprint density at radius 1 is 1.38 bits per heavy atom. The Hall–Kier alpha value is -2.57. The van der Waals surface area contributed by atoms with E-state index in [1.165, 1.54) is 25.3 Å². The molecule has 0 saturated heterocycles. The fraction of sp³-hybridized carbons (Fsp3) is 0.286. The van der Waals surface area contributed by atoms with Crippen LogP contribution in [0.1, 0.15) is 24.3 Å². The number of H-pyrrole nitrogens is 1. The summed E-state index contributed by atoms with van der Waals surface area (Å²) in [5, 5.41) is 15.2. The standard InChI is InChI=1S/C14H15FN2O4/c1-7(2)21-13-9(4-8(15)5-12(13)20-3)10-6-11(14(18)19)17-16-10/h4-7H,1-3H3,(H,16,17)(H,18,19). The summed E-state index contributed by atoms with van der Waals surface area (Å²) in [7, 11) is 1.40. The van der Waals surface area contributed by atoms with Crippen molar-refractivity contribution in [2.45, 2.75) is 20.0 Å². The Kier molecular flexibility index (Phi) is 4.11. The molecule has 2 rings (SSSR count). The van der Waals surface area contributed by atoms with Crippen LogP contribution in [0.2, 0.25) is 0 Å². The van der Waals surface area contributed by atoms with E-state index in [2.05, 4.69) is 10.2 Å². The minimum atomic E-state index is -1.15. The average Bonchev–Trinajstić information content (AvgIpc) is 2.89. The predicted molar refractivity (Wildman–Crippen MR) is 73.3 cm³/mol. The van der Waals surface area contributed by atoms with Gasteiger partial charge >= 0.3 is 5.97 Å². The number of carbonyl (C=O) groups is 1. The van der Waals surface area contributed by atoms with E-state index in [-0.39, 0.29) is 23.2 Å². The Morgan fingerprint density at radius 3 is 2.62 bits per heavy atom. The second-order valence-corrected chi connectivity index (χ2v) is 4.62. The number of hydrogen-bond acceptors (Lipinski definition) is 4. The molecule has 0 aliphatic rings. The molecule has 0 fully saturated rings. The van der Waals surface area contributed by atoms with Gasteiger partial charge in [-0.1, -0.05) is 0 Å². The van der Waals surface area contributed by atoms with Crippen LogP contribution in [0.4, 0.5) is 4.39 Å². The van der Waals surface area contributed by atoms with Gasteiger partial charge in [0.15, 0.2) is 11.5 Å². The summed E-state index contributed by atoms with van der Waals surface area (Å²) in [6, 6.07) is 3.73. The van der Waals surface area contributed by atoms with Crippen LogP contribution >= 0.6 is 0 Å². The molecule has 1 heterocycles. The molecule has 2 N–H and O–H groups in total. The van der Waals surface area contributed by atoms with Gasteiger partial charge < -0.3 is 14.6 Å². The predicted octanol–water partition coefficient (Wildman–Crippen LogP) is 2.71. The summed E-state index contributed by atoms with van der Waals surface area (Å²) in [5.41, 5.74) is 0.494. The van der Waals surface area contributed by atoms with Crippen molar-refractivity contribution in [2.75, 3.05) is 7.11 Å². The average molecular weight is 294 g/mol. The van der Waals surface area contributed by atoms with Crippen LogP contribution in [-0.2, 0) is 0 Å². The summed E-state index contributed by atoms with van der Waals surface area (Å²) in [4.78, 5) is 10.9. The summed E-state index contributed by atoms with van der Waals surface area (Å²) in [6.07, 6.45) is -0.166. The highest BCUT2D eigenvalue weighted by Crippen LogP contribution is 2.39. The highest BCUT2D eigenvalue weighted by Gasteiger charge is 2.19. The summed E-state index contributed by atoms with van der Waals surface area (Å²) >= 11 is 0. The Bertz CT molecular complexity index is 667. The first kappa shape index (κ1) is 14.8. The fourth-order valence-electron chi connectivity index (χ4n) is 1.84. The van der Waals surface area contributed by atoms with Gasteiger partial charge in [0, 0.05) is 6.07 Å². The monoisotopic (exact) mass is 294 g/mol. The number of methoxy groups -OCH3 is 1. The van der Waals surface area contributed by atoms with Crippen LogP contribution in [-0.4, -0.2) is 34.5 Å². The Labute approximate surface area is 120 Å². The molecule has 0 atom stereocenters. The number of aromatic amines is 1. The zero-order valence-electron chi connectivity index (χ0n) is 11.8. The third-order valence-electron chi connectivity index (χ3n) is 2.68. The molecule has 112 valence electrons. The first-order valence-electron chi connectivity index (χ1n) is 6.25. The number of aromatic nitrogens is 2. The molecule has 2 aromatic rings. The normalized spacial score (nSPS) is 10.7. The highest BCUT2D eigenvalue weighted by atomic mass is 19.1. The van der Waals surface area contributed by atoms with Gasteiger partial charge in [0.25, 0.3) is 0 Å². The van der Waals surface area contributed by atoms with Crippen molar-refractivity contribution in [3.05, 3.63) is 29.7 Å². The third kappa shape index (κ3) is 3.13. The van der Waals surface area contributed by atoms with Gasteiger partial charge in [-0.15, -0.1) is 0 Å². The van der Waals surface area contributed by atoms with E-state index in [4.69, 9.17) is 14.6 Å². The molecule has 0 spiro atoms. The number of aromatic carboxylic acids is 1. The topological polar surface area (TPSA) is 84.4 Å². The fourth-order valence-corrected chi connectivity index (χ4v) is 1.84. The largest absolute Gasteiger partial charge is 0.493 e.